The molecule has 0 saturated heterocycles. The number of carbonyl (C=O) groups is 2. The largest absolute Gasteiger partial charge is 0.356 e. The maximum absolute atomic E-state index is 12.6. The zero-order valence-corrected chi connectivity index (χ0v) is 22.6. The fourth-order valence-electron chi connectivity index (χ4n) is 4.73. The summed E-state index contributed by atoms with van der Waals surface area (Å²) >= 11 is 0. The van der Waals surface area contributed by atoms with Gasteiger partial charge in [-0.2, -0.15) is 0 Å². The summed E-state index contributed by atoms with van der Waals surface area (Å²) in [7, 11) is 0. The molecule has 2 rings (SSSR count). The van der Waals surface area contributed by atoms with Crippen LogP contribution in [0.3, 0.4) is 0 Å². The Bertz CT molecular complexity index is 764. The number of carbonyl (C=O) groups excluding carboxylic acids is 2. The second-order valence-corrected chi connectivity index (χ2v) is 10.3. The van der Waals surface area contributed by atoms with Crippen LogP contribution < -0.4 is 0 Å². The molecule has 0 aromatic carbocycles. The van der Waals surface area contributed by atoms with Crippen LogP contribution in [-0.2, 0) is 12.8 Å². The molecule has 2 aromatic rings. The number of ketones is 2. The smallest absolute Gasteiger partial charge is 0.186 e. The first-order valence-corrected chi connectivity index (χ1v) is 14.6. The number of aromatic nitrogens is 2. The van der Waals surface area contributed by atoms with Gasteiger partial charge in [-0.25, -0.2) is 0 Å². The van der Waals surface area contributed by atoms with E-state index in [0.717, 1.165) is 37.1 Å². The van der Waals surface area contributed by atoms with Gasteiger partial charge < -0.3 is 9.97 Å². The molecule has 0 aliphatic heterocycles. The van der Waals surface area contributed by atoms with E-state index in [0.29, 0.717) is 11.4 Å². The number of aryl methyl sites for hydroxylation is 2. The number of rotatable bonds is 22. The highest BCUT2D eigenvalue weighted by Crippen LogP contribution is 2.15. The van der Waals surface area contributed by atoms with Gasteiger partial charge in [0.1, 0.15) is 0 Å². The van der Waals surface area contributed by atoms with Crippen molar-refractivity contribution in [1.29, 1.82) is 0 Å². The molecule has 0 aliphatic carbocycles. The summed E-state index contributed by atoms with van der Waals surface area (Å²) in [4.78, 5) is 31.7. The maximum Gasteiger partial charge on any atom is 0.186 e. The molecular weight excluding hydrogens is 432 g/mol. The summed E-state index contributed by atoms with van der Waals surface area (Å²) < 4.78 is 0. The normalized spacial score (nSPS) is 11.3. The highest BCUT2D eigenvalue weighted by molar-refractivity contribution is 6.12. The molecule has 2 N–H and O–H groups in total. The molecule has 0 amide bonds. The summed E-state index contributed by atoms with van der Waals surface area (Å²) in [6.07, 6.45) is 22.6. The molecule has 196 valence electrons. The van der Waals surface area contributed by atoms with Gasteiger partial charge >= 0.3 is 0 Å². The van der Waals surface area contributed by atoms with Crippen molar-refractivity contribution in [3.8, 4) is 0 Å². The van der Waals surface area contributed by atoms with Crippen molar-refractivity contribution in [2.24, 2.45) is 0 Å². The Morgan fingerprint density at radius 2 is 0.857 bits per heavy atom. The number of unbranched alkanes of at least 4 members (excludes halogenated alkanes) is 14. The van der Waals surface area contributed by atoms with E-state index >= 15 is 0 Å². The van der Waals surface area contributed by atoms with Crippen LogP contribution in [-0.4, -0.2) is 21.5 Å². The second-order valence-electron chi connectivity index (χ2n) is 10.3. The first kappa shape index (κ1) is 29.1. The Morgan fingerprint density at radius 3 is 1.23 bits per heavy atom. The van der Waals surface area contributed by atoms with E-state index in [9.17, 15) is 9.59 Å². The summed E-state index contributed by atoms with van der Waals surface area (Å²) in [6, 6.07) is 7.65. The zero-order chi connectivity index (χ0) is 25.1. The standard InChI is InChI=1S/C31H50N2O2/c1-3-5-7-9-11-13-15-17-19-26-21-23-28(32-26)30(34)25-31(35)29-24-22-27(33-29)20-18-16-14-12-10-8-6-4-2/h21-24,32-33H,3-20,25H2,1-2H3. The SMILES string of the molecule is CCCCCCCCCCc1ccc(C(=O)CC(=O)c2ccc(CCCCCCCCCC)[nH]2)[nH]1. The highest BCUT2D eigenvalue weighted by Gasteiger charge is 2.16. The van der Waals surface area contributed by atoms with Gasteiger partial charge in [-0.05, 0) is 49.9 Å². The number of hydrogen-bond acceptors (Lipinski definition) is 2. The van der Waals surface area contributed by atoms with E-state index in [1.54, 1.807) is 0 Å². The van der Waals surface area contributed by atoms with Crippen LogP contribution in [0.5, 0.6) is 0 Å². The van der Waals surface area contributed by atoms with Crippen LogP contribution in [0, 0.1) is 0 Å². The lowest BCUT2D eigenvalue weighted by atomic mass is 10.1. The molecule has 0 radical (unpaired) electrons. The van der Waals surface area contributed by atoms with Crippen molar-refractivity contribution in [3.05, 3.63) is 47.0 Å². The third kappa shape index (κ3) is 12.4. The molecule has 0 spiro atoms. The van der Waals surface area contributed by atoms with Crippen LogP contribution in [0.2, 0.25) is 0 Å². The Hall–Kier alpha value is -2.10. The highest BCUT2D eigenvalue weighted by atomic mass is 16.1. The lowest BCUT2D eigenvalue weighted by molar-refractivity contribution is 0.0889. The molecule has 0 bridgehead atoms. The number of Topliss-reactive ketones (excluding diaryl/α,β-unsaturated/α-hetero) is 2. The van der Waals surface area contributed by atoms with E-state index in [4.69, 9.17) is 0 Å². The summed E-state index contributed by atoms with van der Waals surface area (Å²) in [5.74, 6) is -0.257. The number of H-pyrrole nitrogens is 2. The topological polar surface area (TPSA) is 65.7 Å². The van der Waals surface area contributed by atoms with Crippen molar-refractivity contribution in [1.82, 2.24) is 9.97 Å². The van der Waals surface area contributed by atoms with Crippen molar-refractivity contribution < 1.29 is 9.59 Å². The van der Waals surface area contributed by atoms with Gasteiger partial charge in [0.15, 0.2) is 11.6 Å². The summed E-state index contributed by atoms with van der Waals surface area (Å²) in [6.45, 7) is 4.50. The molecule has 4 heteroatoms. The van der Waals surface area contributed by atoms with Gasteiger partial charge in [0.2, 0.25) is 0 Å². The molecule has 0 fully saturated rings. The molecule has 2 aromatic heterocycles. The third-order valence-corrected chi connectivity index (χ3v) is 7.01. The number of aromatic amines is 2. The van der Waals surface area contributed by atoms with E-state index < -0.39 is 0 Å². The van der Waals surface area contributed by atoms with Crippen LogP contribution in [0.25, 0.3) is 0 Å². The first-order chi connectivity index (χ1) is 17.1. The number of nitrogens with one attached hydrogen (secondary N) is 2. The lowest BCUT2D eigenvalue weighted by Gasteiger charge is -2.02. The zero-order valence-electron chi connectivity index (χ0n) is 22.6. The fraction of sp³-hybridized carbons (Fsp3) is 0.677. The van der Waals surface area contributed by atoms with Gasteiger partial charge in [0, 0.05) is 11.4 Å². The summed E-state index contributed by atoms with van der Waals surface area (Å²) in [5, 5.41) is 0. The molecule has 0 saturated carbocycles. The Balaban J connectivity index is 1.62. The van der Waals surface area contributed by atoms with Crippen molar-refractivity contribution >= 4 is 11.6 Å². The van der Waals surface area contributed by atoms with Crippen molar-refractivity contribution in [3.63, 3.8) is 0 Å². The fourth-order valence-corrected chi connectivity index (χ4v) is 4.73. The quantitative estimate of drug-likeness (QED) is 0.0997. The Morgan fingerprint density at radius 1 is 0.514 bits per heavy atom. The lowest BCUT2D eigenvalue weighted by Crippen LogP contribution is -2.09. The Labute approximate surface area is 214 Å². The average Bonchev–Trinajstić information content (AvgIpc) is 3.52. The molecule has 0 atom stereocenters. The van der Waals surface area contributed by atoms with E-state index in [1.807, 2.05) is 24.3 Å². The van der Waals surface area contributed by atoms with Crippen LogP contribution in [0.4, 0.5) is 0 Å². The van der Waals surface area contributed by atoms with Gasteiger partial charge in [0.25, 0.3) is 0 Å². The number of hydrogen-bond donors (Lipinski definition) is 2. The third-order valence-electron chi connectivity index (χ3n) is 7.01. The van der Waals surface area contributed by atoms with Crippen LogP contribution in [0.1, 0.15) is 155 Å². The van der Waals surface area contributed by atoms with Gasteiger partial charge in [-0.3, -0.25) is 9.59 Å². The second kappa shape index (κ2) is 18.2. The average molecular weight is 483 g/mol. The van der Waals surface area contributed by atoms with Crippen molar-refractivity contribution in [2.45, 2.75) is 136 Å². The molecule has 0 unspecified atom stereocenters. The van der Waals surface area contributed by atoms with Gasteiger partial charge in [-0.15, -0.1) is 0 Å². The molecule has 2 heterocycles. The minimum Gasteiger partial charge on any atom is -0.356 e. The minimum atomic E-state index is -0.128. The van der Waals surface area contributed by atoms with Gasteiger partial charge in [0.05, 0.1) is 17.8 Å². The van der Waals surface area contributed by atoms with Crippen LogP contribution >= 0.6 is 0 Å². The van der Waals surface area contributed by atoms with E-state index in [-0.39, 0.29) is 18.0 Å². The molecule has 0 aliphatic rings. The van der Waals surface area contributed by atoms with Gasteiger partial charge in [-0.1, -0.05) is 104 Å². The monoisotopic (exact) mass is 482 g/mol. The molecular formula is C31H50N2O2. The van der Waals surface area contributed by atoms with Crippen LogP contribution in [0.15, 0.2) is 24.3 Å². The van der Waals surface area contributed by atoms with E-state index in [2.05, 4.69) is 23.8 Å². The molecule has 35 heavy (non-hydrogen) atoms. The minimum absolute atomic E-state index is 0.0879. The van der Waals surface area contributed by atoms with Crippen molar-refractivity contribution in [2.75, 3.05) is 0 Å². The first-order valence-electron chi connectivity index (χ1n) is 14.6. The Kier molecular flexibility index (Phi) is 15.2. The summed E-state index contributed by atoms with van der Waals surface area (Å²) in [5.41, 5.74) is 3.30. The predicted octanol–water partition coefficient (Wildman–Crippen LogP) is 9.16. The predicted molar refractivity (Wildman–Crippen MR) is 147 cm³/mol. The maximum atomic E-state index is 12.6. The van der Waals surface area contributed by atoms with E-state index in [1.165, 1.54) is 89.9 Å². The molecule has 4 nitrogen and oxygen atoms in total.